The topological polar surface area (TPSA) is 61.3 Å². The normalized spacial score (nSPS) is 12.4. The molecular weight excluding hydrogens is 272 g/mol. The molecule has 0 aliphatic heterocycles. The van der Waals surface area contributed by atoms with Crippen molar-refractivity contribution in [2.75, 3.05) is 7.11 Å². The van der Waals surface area contributed by atoms with Crippen LogP contribution in [0.1, 0.15) is 17.4 Å². The van der Waals surface area contributed by atoms with Gasteiger partial charge in [0.15, 0.2) is 4.67 Å². The number of methoxy groups -OCH3 is 1. The second-order valence-corrected chi connectivity index (χ2v) is 4.06. The molecule has 2 aromatic heterocycles. The van der Waals surface area contributed by atoms with E-state index < -0.39 is 0 Å². The predicted octanol–water partition coefficient (Wildman–Crippen LogP) is 2.49. The van der Waals surface area contributed by atoms with Gasteiger partial charge in [0.05, 0.1) is 19.3 Å². The van der Waals surface area contributed by atoms with Crippen LogP contribution in [-0.2, 0) is 0 Å². The molecule has 1 unspecified atom stereocenters. The van der Waals surface area contributed by atoms with Gasteiger partial charge < -0.3 is 14.9 Å². The second-order valence-electron chi connectivity index (χ2n) is 3.28. The molecule has 2 N–H and O–H groups in total. The number of ether oxygens (including phenoxy) is 1. The highest BCUT2D eigenvalue weighted by Gasteiger charge is 2.13. The number of nitrogens with zero attached hydrogens (tertiary/aromatic N) is 1. The lowest BCUT2D eigenvalue weighted by Crippen LogP contribution is -2.11. The van der Waals surface area contributed by atoms with E-state index in [0.717, 1.165) is 5.56 Å². The zero-order chi connectivity index (χ0) is 11.5. The summed E-state index contributed by atoms with van der Waals surface area (Å²) < 4.78 is 11.1. The highest BCUT2D eigenvalue weighted by molar-refractivity contribution is 9.10. The molecule has 0 aliphatic carbocycles. The fraction of sp³-hybridized carbons (Fsp3) is 0.182. The van der Waals surface area contributed by atoms with E-state index in [1.54, 1.807) is 19.5 Å². The zero-order valence-corrected chi connectivity index (χ0v) is 10.3. The maximum Gasteiger partial charge on any atom is 0.169 e. The number of aromatic nitrogens is 1. The Morgan fingerprint density at radius 2 is 2.25 bits per heavy atom. The van der Waals surface area contributed by atoms with Crippen LogP contribution < -0.4 is 10.5 Å². The van der Waals surface area contributed by atoms with E-state index in [0.29, 0.717) is 16.2 Å². The minimum Gasteiger partial charge on any atom is -0.495 e. The third kappa shape index (κ3) is 2.25. The van der Waals surface area contributed by atoms with Crippen molar-refractivity contribution in [1.82, 2.24) is 4.98 Å². The first-order valence-corrected chi connectivity index (χ1v) is 5.50. The lowest BCUT2D eigenvalue weighted by molar-refractivity contribution is 0.411. The highest BCUT2D eigenvalue weighted by Crippen LogP contribution is 2.25. The summed E-state index contributed by atoms with van der Waals surface area (Å²) in [5.41, 5.74) is 6.89. The number of rotatable bonds is 3. The SMILES string of the molecule is COc1cncc(C(N)c2ccc(Br)o2)c1. The molecule has 0 amide bonds. The van der Waals surface area contributed by atoms with E-state index in [-0.39, 0.29) is 6.04 Å². The zero-order valence-electron chi connectivity index (χ0n) is 8.68. The van der Waals surface area contributed by atoms with Crippen molar-refractivity contribution in [3.63, 3.8) is 0 Å². The Morgan fingerprint density at radius 1 is 1.44 bits per heavy atom. The van der Waals surface area contributed by atoms with Crippen LogP contribution in [0, 0.1) is 0 Å². The van der Waals surface area contributed by atoms with Crippen LogP contribution in [0.25, 0.3) is 0 Å². The molecule has 0 bridgehead atoms. The lowest BCUT2D eigenvalue weighted by Gasteiger charge is -2.09. The van der Waals surface area contributed by atoms with Crippen molar-refractivity contribution in [3.8, 4) is 5.75 Å². The molecule has 1 atom stereocenters. The summed E-state index contributed by atoms with van der Waals surface area (Å²) in [7, 11) is 1.59. The van der Waals surface area contributed by atoms with Crippen molar-refractivity contribution in [2.45, 2.75) is 6.04 Å². The number of halogens is 1. The molecule has 2 heterocycles. The van der Waals surface area contributed by atoms with Gasteiger partial charge in [-0.15, -0.1) is 0 Å². The Labute approximate surface area is 102 Å². The molecule has 0 aromatic carbocycles. The third-order valence-corrected chi connectivity index (χ3v) is 2.66. The minimum atomic E-state index is -0.339. The summed E-state index contributed by atoms with van der Waals surface area (Å²) in [5.74, 6) is 1.36. The first kappa shape index (κ1) is 11.2. The van der Waals surface area contributed by atoms with Crippen LogP contribution >= 0.6 is 15.9 Å². The van der Waals surface area contributed by atoms with Crippen molar-refractivity contribution in [3.05, 3.63) is 46.6 Å². The van der Waals surface area contributed by atoms with Crippen LogP contribution in [0.2, 0.25) is 0 Å². The van der Waals surface area contributed by atoms with E-state index in [1.807, 2.05) is 18.2 Å². The van der Waals surface area contributed by atoms with E-state index in [1.165, 1.54) is 0 Å². The number of hydrogen-bond donors (Lipinski definition) is 1. The fourth-order valence-electron chi connectivity index (χ4n) is 1.38. The minimum absolute atomic E-state index is 0.339. The average Bonchev–Trinajstić information content (AvgIpc) is 2.75. The molecule has 84 valence electrons. The predicted molar refractivity (Wildman–Crippen MR) is 63.2 cm³/mol. The van der Waals surface area contributed by atoms with Gasteiger partial charge in [-0.2, -0.15) is 0 Å². The number of furan rings is 1. The standard InChI is InChI=1S/C11H11BrN2O2/c1-15-8-4-7(5-14-6-8)11(13)9-2-3-10(12)16-9/h2-6,11H,13H2,1H3. The van der Waals surface area contributed by atoms with Crippen molar-refractivity contribution in [2.24, 2.45) is 5.73 Å². The second kappa shape index (κ2) is 4.67. The summed E-state index contributed by atoms with van der Waals surface area (Å²) in [6.45, 7) is 0. The van der Waals surface area contributed by atoms with Gasteiger partial charge in [-0.05, 0) is 39.7 Å². The van der Waals surface area contributed by atoms with Crippen LogP contribution in [0.5, 0.6) is 5.75 Å². The van der Waals surface area contributed by atoms with Gasteiger partial charge in [-0.25, -0.2) is 0 Å². The van der Waals surface area contributed by atoms with E-state index in [2.05, 4.69) is 20.9 Å². The largest absolute Gasteiger partial charge is 0.495 e. The maximum absolute atomic E-state index is 6.04. The Morgan fingerprint density at radius 3 is 2.88 bits per heavy atom. The summed E-state index contributed by atoms with van der Waals surface area (Å²) in [6, 6.07) is 5.14. The van der Waals surface area contributed by atoms with Crippen LogP contribution in [-0.4, -0.2) is 12.1 Å². The quantitative estimate of drug-likeness (QED) is 0.940. The third-order valence-electron chi connectivity index (χ3n) is 2.23. The first-order valence-electron chi connectivity index (χ1n) is 4.70. The molecule has 5 heteroatoms. The molecule has 4 nitrogen and oxygen atoms in total. The number of pyridine rings is 1. The number of hydrogen-bond acceptors (Lipinski definition) is 4. The highest BCUT2D eigenvalue weighted by atomic mass is 79.9. The fourth-order valence-corrected chi connectivity index (χ4v) is 1.70. The van der Waals surface area contributed by atoms with Crippen molar-refractivity contribution in [1.29, 1.82) is 0 Å². The lowest BCUT2D eigenvalue weighted by atomic mass is 10.1. The van der Waals surface area contributed by atoms with Gasteiger partial charge in [0.25, 0.3) is 0 Å². The number of nitrogens with two attached hydrogens (primary N) is 1. The molecule has 0 saturated carbocycles. The van der Waals surface area contributed by atoms with Crippen molar-refractivity contribution < 1.29 is 9.15 Å². The van der Waals surface area contributed by atoms with Crippen LogP contribution in [0.4, 0.5) is 0 Å². The molecule has 16 heavy (non-hydrogen) atoms. The Hall–Kier alpha value is -1.33. The van der Waals surface area contributed by atoms with Crippen molar-refractivity contribution >= 4 is 15.9 Å². The Bertz CT molecular complexity index is 484. The molecular formula is C11H11BrN2O2. The first-order chi connectivity index (χ1) is 7.70. The molecule has 0 fully saturated rings. The van der Waals surface area contributed by atoms with E-state index in [9.17, 15) is 0 Å². The smallest absolute Gasteiger partial charge is 0.169 e. The van der Waals surface area contributed by atoms with E-state index >= 15 is 0 Å². The van der Waals surface area contributed by atoms with Gasteiger partial charge in [-0.3, -0.25) is 4.98 Å². The van der Waals surface area contributed by atoms with Crippen LogP contribution in [0.15, 0.2) is 39.7 Å². The molecule has 2 aromatic rings. The van der Waals surface area contributed by atoms with Gasteiger partial charge in [0.2, 0.25) is 0 Å². The van der Waals surface area contributed by atoms with Crippen LogP contribution in [0.3, 0.4) is 0 Å². The van der Waals surface area contributed by atoms with Gasteiger partial charge in [0.1, 0.15) is 11.5 Å². The maximum atomic E-state index is 6.04. The Kier molecular flexibility index (Phi) is 3.26. The van der Waals surface area contributed by atoms with Gasteiger partial charge in [0, 0.05) is 6.20 Å². The molecule has 0 radical (unpaired) electrons. The summed E-state index contributed by atoms with van der Waals surface area (Å²) in [5, 5.41) is 0. The summed E-state index contributed by atoms with van der Waals surface area (Å²) in [4.78, 5) is 4.05. The molecule has 0 saturated heterocycles. The van der Waals surface area contributed by atoms with Gasteiger partial charge >= 0.3 is 0 Å². The molecule has 0 spiro atoms. The Balaban J connectivity index is 2.29. The van der Waals surface area contributed by atoms with Gasteiger partial charge in [-0.1, -0.05) is 0 Å². The van der Waals surface area contributed by atoms with E-state index in [4.69, 9.17) is 14.9 Å². The average molecular weight is 283 g/mol. The monoisotopic (exact) mass is 282 g/mol. The molecule has 0 aliphatic rings. The molecule has 2 rings (SSSR count). The summed E-state index contributed by atoms with van der Waals surface area (Å²) >= 11 is 3.24. The summed E-state index contributed by atoms with van der Waals surface area (Å²) in [6.07, 6.45) is 3.33.